The quantitative estimate of drug-likeness (QED) is 0.682. The van der Waals surface area contributed by atoms with Crippen molar-refractivity contribution in [2.45, 2.75) is 12.8 Å². The number of hydrogen-bond donors (Lipinski definition) is 3. The summed E-state index contributed by atoms with van der Waals surface area (Å²) in [6, 6.07) is 3.25. The molecule has 116 valence electrons. The van der Waals surface area contributed by atoms with Crippen molar-refractivity contribution in [3.63, 3.8) is 0 Å². The Morgan fingerprint density at radius 2 is 2.17 bits per heavy atom. The van der Waals surface area contributed by atoms with Crippen molar-refractivity contribution >= 4 is 23.0 Å². The Balaban J connectivity index is 1.54. The molecule has 8 heteroatoms. The summed E-state index contributed by atoms with van der Waals surface area (Å²) in [6.45, 7) is 0.712. The number of carbonyl (C=O) groups excluding carboxylic acids is 1. The fourth-order valence-electron chi connectivity index (χ4n) is 2.22. The van der Waals surface area contributed by atoms with Crippen LogP contribution in [0.4, 0.5) is 10.6 Å². The van der Waals surface area contributed by atoms with Crippen LogP contribution in [0.1, 0.15) is 12.8 Å². The Bertz CT molecular complexity index is 842. The zero-order chi connectivity index (χ0) is 15.6. The molecule has 0 radical (unpaired) electrons. The van der Waals surface area contributed by atoms with Crippen LogP contribution in [0, 0.1) is 5.92 Å². The van der Waals surface area contributed by atoms with E-state index < -0.39 is 0 Å². The molecule has 1 saturated carbocycles. The van der Waals surface area contributed by atoms with Gasteiger partial charge in [-0.25, -0.2) is 14.8 Å². The lowest BCUT2D eigenvalue weighted by Crippen LogP contribution is -2.30. The van der Waals surface area contributed by atoms with Gasteiger partial charge in [0.25, 0.3) is 0 Å². The van der Waals surface area contributed by atoms with Crippen molar-refractivity contribution in [1.29, 1.82) is 0 Å². The number of urea groups is 1. The van der Waals surface area contributed by atoms with Gasteiger partial charge in [0.15, 0.2) is 5.65 Å². The summed E-state index contributed by atoms with van der Waals surface area (Å²) in [7, 11) is 0. The van der Waals surface area contributed by atoms with Crippen LogP contribution < -0.4 is 10.6 Å². The zero-order valence-electron chi connectivity index (χ0n) is 12.3. The molecule has 3 aromatic heterocycles. The van der Waals surface area contributed by atoms with Crippen LogP contribution in [-0.2, 0) is 0 Å². The number of aromatic amines is 1. The summed E-state index contributed by atoms with van der Waals surface area (Å²) in [5.41, 5.74) is 2.65. The lowest BCUT2D eigenvalue weighted by molar-refractivity contribution is 0.251. The maximum atomic E-state index is 11.8. The summed E-state index contributed by atoms with van der Waals surface area (Å²) in [6.07, 6.45) is 7.47. The first kappa shape index (κ1) is 13.6. The summed E-state index contributed by atoms with van der Waals surface area (Å²) >= 11 is 0. The third-order valence-corrected chi connectivity index (χ3v) is 3.69. The molecule has 3 aromatic rings. The van der Waals surface area contributed by atoms with E-state index in [0.29, 0.717) is 35.1 Å². The van der Waals surface area contributed by atoms with Crippen molar-refractivity contribution in [3.05, 3.63) is 30.7 Å². The number of nitrogens with zero attached hydrogens (tertiary/aromatic N) is 4. The molecule has 0 aliphatic heterocycles. The van der Waals surface area contributed by atoms with Crippen LogP contribution in [-0.4, -0.2) is 37.7 Å². The molecular formula is C15H15N7O. The monoisotopic (exact) mass is 309 g/mol. The molecule has 3 heterocycles. The van der Waals surface area contributed by atoms with Crippen LogP contribution in [0.3, 0.4) is 0 Å². The van der Waals surface area contributed by atoms with E-state index in [1.165, 1.54) is 12.8 Å². The Kier molecular flexibility index (Phi) is 3.34. The first-order valence-corrected chi connectivity index (χ1v) is 7.46. The highest BCUT2D eigenvalue weighted by atomic mass is 16.2. The van der Waals surface area contributed by atoms with E-state index in [-0.39, 0.29) is 6.03 Å². The minimum absolute atomic E-state index is 0.248. The van der Waals surface area contributed by atoms with E-state index in [2.05, 4.69) is 35.8 Å². The number of rotatable bonds is 4. The molecule has 0 saturated heterocycles. The molecule has 0 bridgehead atoms. The van der Waals surface area contributed by atoms with Crippen LogP contribution >= 0.6 is 0 Å². The van der Waals surface area contributed by atoms with Crippen molar-refractivity contribution < 1.29 is 4.79 Å². The average molecular weight is 309 g/mol. The number of fused-ring (bicyclic) bond motifs is 1. The van der Waals surface area contributed by atoms with Gasteiger partial charge in [0.2, 0.25) is 0 Å². The van der Waals surface area contributed by atoms with Gasteiger partial charge in [-0.05, 0) is 30.9 Å². The largest absolute Gasteiger partial charge is 0.338 e. The van der Waals surface area contributed by atoms with Crippen molar-refractivity contribution in [3.8, 4) is 11.3 Å². The normalized spacial score (nSPS) is 13.9. The molecule has 0 atom stereocenters. The Labute approximate surface area is 131 Å². The molecule has 2 amide bonds. The van der Waals surface area contributed by atoms with Crippen LogP contribution in [0.25, 0.3) is 22.4 Å². The summed E-state index contributed by atoms with van der Waals surface area (Å²) < 4.78 is 0. The molecule has 4 rings (SSSR count). The highest BCUT2D eigenvalue weighted by molar-refractivity contribution is 5.89. The molecule has 1 fully saturated rings. The minimum atomic E-state index is -0.248. The van der Waals surface area contributed by atoms with E-state index in [1.54, 1.807) is 30.7 Å². The molecule has 0 aromatic carbocycles. The van der Waals surface area contributed by atoms with Crippen LogP contribution in [0.2, 0.25) is 0 Å². The Hall–Kier alpha value is -3.03. The van der Waals surface area contributed by atoms with Crippen molar-refractivity contribution in [2.75, 3.05) is 11.9 Å². The third-order valence-electron chi connectivity index (χ3n) is 3.69. The number of nitrogens with one attached hydrogen (secondary N) is 3. The van der Waals surface area contributed by atoms with Gasteiger partial charge in [0, 0.05) is 18.3 Å². The van der Waals surface area contributed by atoms with Crippen molar-refractivity contribution in [2.24, 2.45) is 5.92 Å². The fourth-order valence-corrected chi connectivity index (χ4v) is 2.22. The highest BCUT2D eigenvalue weighted by Crippen LogP contribution is 2.27. The molecule has 23 heavy (non-hydrogen) atoms. The molecule has 8 nitrogen and oxygen atoms in total. The van der Waals surface area contributed by atoms with E-state index in [4.69, 9.17) is 0 Å². The smallest absolute Gasteiger partial charge is 0.320 e. The predicted molar refractivity (Wildman–Crippen MR) is 84.7 cm³/mol. The first-order valence-electron chi connectivity index (χ1n) is 7.46. The molecule has 3 N–H and O–H groups in total. The zero-order valence-corrected chi connectivity index (χ0v) is 12.3. The fraction of sp³-hybridized carbons (Fsp3) is 0.267. The van der Waals surface area contributed by atoms with E-state index >= 15 is 0 Å². The molecule has 0 unspecified atom stereocenters. The minimum Gasteiger partial charge on any atom is -0.338 e. The standard InChI is InChI=1S/C15H15N7O/c23-15(17-5-9-1-2-9)22-13-4-3-11-14(21-13)20-12(8-16-11)10-6-18-19-7-10/h3-4,6-9H,1-2,5H2,(H,18,19)(H2,17,20,21,22,23). The molecular weight excluding hydrogens is 294 g/mol. The van der Waals surface area contributed by atoms with Gasteiger partial charge in [-0.15, -0.1) is 0 Å². The lowest BCUT2D eigenvalue weighted by Gasteiger charge is -2.07. The van der Waals surface area contributed by atoms with E-state index in [1.807, 2.05) is 0 Å². The van der Waals surface area contributed by atoms with E-state index in [0.717, 1.165) is 5.56 Å². The second kappa shape index (κ2) is 5.64. The Morgan fingerprint density at radius 3 is 2.96 bits per heavy atom. The third kappa shape index (κ3) is 3.10. The number of aromatic nitrogens is 5. The number of amides is 2. The first-order chi connectivity index (χ1) is 11.3. The van der Waals surface area contributed by atoms with Crippen LogP contribution in [0.15, 0.2) is 30.7 Å². The van der Waals surface area contributed by atoms with Gasteiger partial charge >= 0.3 is 6.03 Å². The van der Waals surface area contributed by atoms with Gasteiger partial charge in [0.1, 0.15) is 11.3 Å². The van der Waals surface area contributed by atoms with Gasteiger partial charge in [-0.1, -0.05) is 0 Å². The molecule has 1 aliphatic rings. The summed E-state index contributed by atoms with van der Waals surface area (Å²) in [5.74, 6) is 1.08. The van der Waals surface area contributed by atoms with Gasteiger partial charge in [-0.2, -0.15) is 5.10 Å². The van der Waals surface area contributed by atoms with Gasteiger partial charge < -0.3 is 5.32 Å². The molecule has 1 aliphatic carbocycles. The maximum absolute atomic E-state index is 11.8. The topological polar surface area (TPSA) is 108 Å². The van der Waals surface area contributed by atoms with Gasteiger partial charge in [-0.3, -0.25) is 15.4 Å². The predicted octanol–water partition coefficient (Wildman–Crippen LogP) is 1.95. The number of carbonyl (C=O) groups is 1. The Morgan fingerprint density at radius 1 is 1.26 bits per heavy atom. The van der Waals surface area contributed by atoms with Crippen molar-refractivity contribution in [1.82, 2.24) is 30.5 Å². The van der Waals surface area contributed by atoms with Gasteiger partial charge in [0.05, 0.1) is 18.1 Å². The summed E-state index contributed by atoms with van der Waals surface area (Å²) in [5, 5.41) is 12.2. The number of H-pyrrole nitrogens is 1. The number of hydrogen-bond acceptors (Lipinski definition) is 5. The second-order valence-electron chi connectivity index (χ2n) is 5.56. The SMILES string of the molecule is O=C(NCC1CC1)Nc1ccc2ncc(-c3cn[nH]c3)nc2n1. The second-order valence-corrected chi connectivity index (χ2v) is 5.56. The maximum Gasteiger partial charge on any atom is 0.320 e. The average Bonchev–Trinajstić information content (AvgIpc) is 3.24. The molecule has 0 spiro atoms. The number of anilines is 1. The van der Waals surface area contributed by atoms with Crippen LogP contribution in [0.5, 0.6) is 0 Å². The highest BCUT2D eigenvalue weighted by Gasteiger charge is 2.21. The summed E-state index contributed by atoms with van der Waals surface area (Å²) in [4.78, 5) is 25.0. The van der Waals surface area contributed by atoms with E-state index in [9.17, 15) is 4.79 Å². The lowest BCUT2D eigenvalue weighted by atomic mass is 10.2. The number of pyridine rings is 1.